The van der Waals surface area contributed by atoms with Gasteiger partial charge in [0, 0.05) is 0 Å². The molecule has 0 aromatic heterocycles. The van der Waals surface area contributed by atoms with Crippen molar-refractivity contribution in [3.63, 3.8) is 0 Å². The summed E-state index contributed by atoms with van der Waals surface area (Å²) < 4.78 is 12.5. The lowest BCUT2D eigenvalue weighted by Crippen LogP contribution is -2.54. The molecule has 0 atom stereocenters. The Morgan fingerprint density at radius 2 is 1.71 bits per heavy atom. The molecule has 4 amide bonds. The Labute approximate surface area is 238 Å². The van der Waals surface area contributed by atoms with E-state index in [2.05, 4.69) is 27.3 Å². The first-order valence-corrected chi connectivity index (χ1v) is 13.2. The van der Waals surface area contributed by atoms with Gasteiger partial charge in [-0.15, -0.1) is 0 Å². The van der Waals surface area contributed by atoms with E-state index >= 15 is 0 Å². The second-order valence-corrected chi connectivity index (χ2v) is 10.2. The molecule has 0 aliphatic carbocycles. The predicted octanol–water partition coefficient (Wildman–Crippen LogP) is 7.02. The van der Waals surface area contributed by atoms with Crippen molar-refractivity contribution < 1.29 is 23.9 Å². The number of nitrogens with one attached hydrogen (secondary N) is 1. The highest BCUT2D eigenvalue weighted by Gasteiger charge is 2.37. The normalized spacial score (nSPS) is 14.6. The highest BCUT2D eigenvalue weighted by atomic mass is 79.9. The fourth-order valence-electron chi connectivity index (χ4n) is 3.81. The Kier molecular flexibility index (Phi) is 8.45. The molecule has 0 saturated carbocycles. The molecular formula is C28H23BrCl2N2O5. The number of carbonyl (C=O) groups is 3. The summed E-state index contributed by atoms with van der Waals surface area (Å²) in [5.74, 6) is -0.709. The van der Waals surface area contributed by atoms with E-state index in [-0.39, 0.29) is 21.3 Å². The van der Waals surface area contributed by atoms with Gasteiger partial charge in [0.25, 0.3) is 11.8 Å². The minimum absolute atomic E-state index is 0.161. The van der Waals surface area contributed by atoms with Crippen LogP contribution in [0, 0.1) is 13.8 Å². The van der Waals surface area contributed by atoms with Crippen molar-refractivity contribution in [3.05, 3.63) is 90.9 Å². The van der Waals surface area contributed by atoms with Gasteiger partial charge in [0.15, 0.2) is 11.5 Å². The molecule has 196 valence electrons. The van der Waals surface area contributed by atoms with E-state index in [0.717, 1.165) is 10.5 Å². The van der Waals surface area contributed by atoms with E-state index in [1.807, 2.05) is 32.9 Å². The Hall–Kier alpha value is -3.33. The Balaban J connectivity index is 1.66. The van der Waals surface area contributed by atoms with Gasteiger partial charge in [-0.05, 0) is 95.4 Å². The van der Waals surface area contributed by atoms with Crippen molar-refractivity contribution >= 4 is 68.7 Å². The lowest BCUT2D eigenvalue weighted by atomic mass is 10.1. The van der Waals surface area contributed by atoms with Crippen molar-refractivity contribution in [1.29, 1.82) is 0 Å². The van der Waals surface area contributed by atoms with Crippen LogP contribution in [0.4, 0.5) is 10.5 Å². The topological polar surface area (TPSA) is 84.9 Å². The summed E-state index contributed by atoms with van der Waals surface area (Å²) in [5, 5.41) is 2.62. The molecule has 10 heteroatoms. The van der Waals surface area contributed by atoms with Gasteiger partial charge in [-0.3, -0.25) is 14.9 Å². The third-order valence-electron chi connectivity index (χ3n) is 5.86. The minimum Gasteiger partial charge on any atom is -0.490 e. The zero-order valence-electron chi connectivity index (χ0n) is 20.7. The fraction of sp³-hybridized carbons (Fsp3) is 0.179. The van der Waals surface area contributed by atoms with Crippen LogP contribution in [0.5, 0.6) is 11.5 Å². The molecule has 0 unspecified atom stereocenters. The van der Waals surface area contributed by atoms with Gasteiger partial charge in [-0.1, -0.05) is 41.4 Å². The molecule has 1 fully saturated rings. The number of aryl methyl sites for hydroxylation is 2. The smallest absolute Gasteiger partial charge is 0.335 e. The van der Waals surface area contributed by atoms with Gasteiger partial charge in [-0.2, -0.15) is 0 Å². The van der Waals surface area contributed by atoms with Crippen LogP contribution in [0.25, 0.3) is 6.08 Å². The Morgan fingerprint density at radius 1 is 0.947 bits per heavy atom. The highest BCUT2D eigenvalue weighted by Crippen LogP contribution is 2.38. The van der Waals surface area contributed by atoms with E-state index in [9.17, 15) is 14.4 Å². The number of anilines is 1. The SMILES string of the molecule is CCOc1cc(/C=C2\C(=O)NC(=O)N(c3ccc(Cl)c(Cl)c3)C2=O)cc(Br)c1OCc1ccc(C)c(C)c1. The number of hydrogen-bond donors (Lipinski definition) is 1. The zero-order valence-corrected chi connectivity index (χ0v) is 23.8. The molecule has 0 radical (unpaired) electrons. The number of carbonyl (C=O) groups excluding carboxylic acids is 3. The van der Waals surface area contributed by atoms with Crippen LogP contribution < -0.4 is 19.7 Å². The van der Waals surface area contributed by atoms with Gasteiger partial charge < -0.3 is 9.47 Å². The summed E-state index contributed by atoms with van der Waals surface area (Å²) in [6, 6.07) is 12.9. The number of hydrogen-bond acceptors (Lipinski definition) is 5. The summed E-state index contributed by atoms with van der Waals surface area (Å²) in [4.78, 5) is 39.2. The van der Waals surface area contributed by atoms with E-state index < -0.39 is 17.8 Å². The summed E-state index contributed by atoms with van der Waals surface area (Å²) in [5.41, 5.74) is 3.79. The number of nitrogens with zero attached hydrogens (tertiary/aromatic N) is 1. The predicted molar refractivity (Wildman–Crippen MR) is 151 cm³/mol. The first-order chi connectivity index (χ1) is 18.1. The minimum atomic E-state index is -0.887. The number of ether oxygens (including phenoxy) is 2. The molecule has 1 heterocycles. The second-order valence-electron chi connectivity index (χ2n) is 8.53. The Bertz CT molecular complexity index is 1490. The van der Waals surface area contributed by atoms with E-state index in [1.165, 1.54) is 35.4 Å². The van der Waals surface area contributed by atoms with Crippen molar-refractivity contribution in [3.8, 4) is 11.5 Å². The van der Waals surface area contributed by atoms with E-state index in [1.54, 1.807) is 12.1 Å². The molecule has 1 aliphatic rings. The number of amides is 4. The molecule has 3 aromatic carbocycles. The molecular weight excluding hydrogens is 595 g/mol. The zero-order chi connectivity index (χ0) is 27.6. The van der Waals surface area contributed by atoms with E-state index in [4.69, 9.17) is 32.7 Å². The maximum Gasteiger partial charge on any atom is 0.335 e. The molecule has 4 rings (SSSR count). The fourth-order valence-corrected chi connectivity index (χ4v) is 4.67. The second kappa shape index (κ2) is 11.6. The van der Waals surface area contributed by atoms with Crippen LogP contribution in [-0.4, -0.2) is 24.5 Å². The molecule has 1 aliphatic heterocycles. The van der Waals surface area contributed by atoms with E-state index in [0.29, 0.717) is 34.7 Å². The largest absolute Gasteiger partial charge is 0.490 e. The van der Waals surface area contributed by atoms with Gasteiger partial charge in [-0.25, -0.2) is 9.69 Å². The maximum absolute atomic E-state index is 13.3. The summed E-state index contributed by atoms with van der Waals surface area (Å²) >= 11 is 15.6. The summed E-state index contributed by atoms with van der Waals surface area (Å²) in [6.07, 6.45) is 1.38. The van der Waals surface area contributed by atoms with Crippen LogP contribution >= 0.6 is 39.1 Å². The van der Waals surface area contributed by atoms with Crippen molar-refractivity contribution in [1.82, 2.24) is 5.32 Å². The lowest BCUT2D eigenvalue weighted by molar-refractivity contribution is -0.122. The number of benzene rings is 3. The molecule has 38 heavy (non-hydrogen) atoms. The third kappa shape index (κ3) is 5.88. The molecule has 3 aromatic rings. The van der Waals surface area contributed by atoms with Crippen molar-refractivity contribution in [2.45, 2.75) is 27.4 Å². The number of imide groups is 2. The number of halogens is 3. The quantitative estimate of drug-likeness (QED) is 0.228. The molecule has 1 saturated heterocycles. The van der Waals surface area contributed by atoms with Crippen LogP contribution in [-0.2, 0) is 16.2 Å². The monoisotopic (exact) mass is 616 g/mol. The maximum atomic E-state index is 13.3. The summed E-state index contributed by atoms with van der Waals surface area (Å²) in [7, 11) is 0. The molecule has 7 nitrogen and oxygen atoms in total. The van der Waals surface area contributed by atoms with Crippen LogP contribution in [0.2, 0.25) is 10.0 Å². The first-order valence-electron chi connectivity index (χ1n) is 11.6. The highest BCUT2D eigenvalue weighted by molar-refractivity contribution is 9.10. The molecule has 0 bridgehead atoms. The van der Waals surface area contributed by atoms with Crippen LogP contribution in [0.15, 0.2) is 58.6 Å². The number of urea groups is 1. The van der Waals surface area contributed by atoms with Gasteiger partial charge >= 0.3 is 6.03 Å². The average molecular weight is 618 g/mol. The standard InChI is InChI=1S/C28H23BrCl2N2O5/c1-4-37-24-12-18(11-21(29)25(24)38-14-17-6-5-15(2)16(3)9-17)10-20-26(34)32-28(36)33(27(20)35)19-7-8-22(30)23(31)13-19/h5-13H,4,14H2,1-3H3,(H,32,34,36)/b20-10+. The third-order valence-corrected chi connectivity index (χ3v) is 7.19. The van der Waals surface area contributed by atoms with Crippen molar-refractivity contribution in [2.24, 2.45) is 0 Å². The van der Waals surface area contributed by atoms with Crippen LogP contribution in [0.1, 0.15) is 29.2 Å². The van der Waals surface area contributed by atoms with Crippen molar-refractivity contribution in [2.75, 3.05) is 11.5 Å². The van der Waals surface area contributed by atoms with Crippen LogP contribution in [0.3, 0.4) is 0 Å². The van der Waals surface area contributed by atoms with Gasteiger partial charge in [0.2, 0.25) is 0 Å². The molecule has 0 spiro atoms. The number of rotatable bonds is 7. The summed E-state index contributed by atoms with van der Waals surface area (Å²) in [6.45, 7) is 6.62. The van der Waals surface area contributed by atoms with Gasteiger partial charge in [0.05, 0.1) is 26.8 Å². The first kappa shape index (κ1) is 27.7. The lowest BCUT2D eigenvalue weighted by Gasteiger charge is -2.26. The Morgan fingerprint density at radius 3 is 2.39 bits per heavy atom. The molecule has 1 N–H and O–H groups in total. The average Bonchev–Trinajstić information content (AvgIpc) is 2.85. The number of barbiturate groups is 1. The van der Waals surface area contributed by atoms with Gasteiger partial charge in [0.1, 0.15) is 12.2 Å².